The smallest absolute Gasteiger partial charge is 0.176 e. The number of methoxy groups -OCH3 is 2. The lowest BCUT2D eigenvalue weighted by atomic mass is 10.3. The molecule has 0 saturated heterocycles. The molecule has 2 rings (SSSR count). The molecule has 146 valence electrons. The fourth-order valence-electron chi connectivity index (χ4n) is 2.12. The van der Waals surface area contributed by atoms with Crippen LogP contribution in [0.25, 0.3) is 0 Å². The van der Waals surface area contributed by atoms with Crippen LogP contribution in [-0.4, -0.2) is 34.4 Å². The van der Waals surface area contributed by atoms with E-state index in [1.807, 2.05) is 48.5 Å². The van der Waals surface area contributed by atoms with E-state index in [0.717, 1.165) is 0 Å². The van der Waals surface area contributed by atoms with Crippen molar-refractivity contribution in [3.8, 4) is 11.5 Å². The molecule has 0 aromatic heterocycles. The molecule has 0 bridgehead atoms. The highest BCUT2D eigenvalue weighted by atomic mass is 32.1. The highest BCUT2D eigenvalue weighted by Crippen LogP contribution is 2.23. The van der Waals surface area contributed by atoms with Gasteiger partial charge in [0.25, 0.3) is 0 Å². The number of para-hydroxylation sites is 4. The van der Waals surface area contributed by atoms with Crippen molar-refractivity contribution in [1.29, 1.82) is 0 Å². The van der Waals surface area contributed by atoms with Gasteiger partial charge in [-0.2, -0.15) is 0 Å². The van der Waals surface area contributed by atoms with E-state index in [9.17, 15) is 0 Å². The molecule has 0 spiro atoms. The molecule has 0 unspecified atom stereocenters. The largest absolute Gasteiger partial charge is 0.495 e. The molecule has 4 N–H and O–H groups in total. The summed E-state index contributed by atoms with van der Waals surface area (Å²) < 4.78 is 10.5. The minimum Gasteiger partial charge on any atom is -0.495 e. The fourth-order valence-corrected chi connectivity index (χ4v) is 2.98. The normalized spacial score (nSPS) is 9.64. The molecule has 0 fully saturated rings. The van der Waals surface area contributed by atoms with Gasteiger partial charge in [0.05, 0.1) is 25.6 Å². The Morgan fingerprint density at radius 2 is 1.00 bits per heavy atom. The molecule has 28 heavy (non-hydrogen) atoms. The second-order valence-corrected chi connectivity index (χ2v) is 6.85. The highest BCUT2D eigenvalue weighted by Gasteiger charge is 2.11. The van der Waals surface area contributed by atoms with Gasteiger partial charge in [-0.3, -0.25) is 0 Å². The highest BCUT2D eigenvalue weighted by molar-refractivity contribution is 7.89. The average Bonchev–Trinajstić information content (AvgIpc) is 2.68. The topological polar surface area (TPSA) is 66.6 Å². The van der Waals surface area contributed by atoms with Gasteiger partial charge < -0.3 is 30.7 Å². The van der Waals surface area contributed by atoms with Crippen molar-refractivity contribution in [2.45, 2.75) is 0 Å². The number of rotatable bonds is 4. The average molecular weight is 451 g/mol. The molecule has 6 nitrogen and oxygen atoms in total. The van der Waals surface area contributed by atoms with E-state index in [0.29, 0.717) is 22.9 Å². The summed E-state index contributed by atoms with van der Waals surface area (Å²) in [6.45, 7) is 0. The quantitative estimate of drug-likeness (QED) is 0.519. The second kappa shape index (κ2) is 10.8. The summed E-state index contributed by atoms with van der Waals surface area (Å²) in [7, 11) is 3.16. The van der Waals surface area contributed by atoms with Crippen molar-refractivity contribution in [2.75, 3.05) is 24.9 Å². The monoisotopic (exact) mass is 450 g/mol. The summed E-state index contributed by atoms with van der Waals surface area (Å²) >= 11 is 21.1. The number of thiocarbonyl (C=S) groups is 4. The second-order valence-electron chi connectivity index (χ2n) is 5.22. The van der Waals surface area contributed by atoms with Gasteiger partial charge in [-0.25, -0.2) is 0 Å². The lowest BCUT2D eigenvalue weighted by Crippen LogP contribution is -2.45. The summed E-state index contributed by atoms with van der Waals surface area (Å²) in [5.74, 6) is 1.31. The number of hydrogen-bond donors (Lipinski definition) is 4. The van der Waals surface area contributed by atoms with Gasteiger partial charge in [0.15, 0.2) is 10.2 Å². The summed E-state index contributed by atoms with van der Waals surface area (Å²) in [6, 6.07) is 14.7. The number of benzene rings is 2. The maximum atomic E-state index is 5.28. The molecule has 0 aliphatic rings. The Kier molecular flexibility index (Phi) is 8.45. The van der Waals surface area contributed by atoms with Crippen LogP contribution in [0, 0.1) is 0 Å². The van der Waals surface area contributed by atoms with Crippen molar-refractivity contribution in [1.82, 2.24) is 10.6 Å². The van der Waals surface area contributed by atoms with E-state index in [-0.39, 0.29) is 20.2 Å². The Morgan fingerprint density at radius 1 is 0.643 bits per heavy atom. The Balaban J connectivity index is 1.89. The predicted molar refractivity (Wildman–Crippen MR) is 130 cm³/mol. The van der Waals surface area contributed by atoms with Crippen LogP contribution in [0.1, 0.15) is 0 Å². The first kappa shape index (κ1) is 21.9. The molecule has 0 amide bonds. The van der Waals surface area contributed by atoms with Crippen LogP contribution >= 0.6 is 48.9 Å². The Bertz CT molecular complexity index is 831. The van der Waals surface area contributed by atoms with E-state index < -0.39 is 0 Å². The molecule has 2 aromatic rings. The minimum atomic E-state index is 0.228. The van der Waals surface area contributed by atoms with Crippen molar-refractivity contribution in [3.05, 3.63) is 48.5 Å². The van der Waals surface area contributed by atoms with E-state index in [1.165, 1.54) is 0 Å². The van der Waals surface area contributed by atoms with Gasteiger partial charge in [0, 0.05) is 0 Å². The number of hydrogen-bond acceptors (Lipinski definition) is 6. The molecule has 0 aliphatic carbocycles. The van der Waals surface area contributed by atoms with Crippen LogP contribution in [0.2, 0.25) is 0 Å². The first-order valence-electron chi connectivity index (χ1n) is 7.95. The van der Waals surface area contributed by atoms with Crippen LogP contribution in [0.3, 0.4) is 0 Å². The van der Waals surface area contributed by atoms with Gasteiger partial charge in [0.1, 0.15) is 21.5 Å². The van der Waals surface area contributed by atoms with Crippen LogP contribution in [0.15, 0.2) is 48.5 Å². The van der Waals surface area contributed by atoms with Gasteiger partial charge in [0.2, 0.25) is 0 Å². The van der Waals surface area contributed by atoms with Gasteiger partial charge in [-0.05, 0) is 48.7 Å². The first-order valence-corrected chi connectivity index (χ1v) is 9.58. The standard InChI is InChI=1S/C18H18N4O2S4/c1-23-13-9-5-3-7-11(13)19-17(27)21-15(25)16(26)22-18(28)20-12-8-4-6-10-14(12)24-2/h3-10H,1-2H3,(H2,19,21,25,27)(H2,20,22,26,28). The number of nitrogens with one attached hydrogen (secondary N) is 4. The third-order valence-electron chi connectivity index (χ3n) is 3.37. The van der Waals surface area contributed by atoms with Crippen LogP contribution < -0.4 is 30.7 Å². The van der Waals surface area contributed by atoms with E-state index in [4.69, 9.17) is 58.3 Å². The molecule has 0 aliphatic heterocycles. The van der Waals surface area contributed by atoms with E-state index in [1.54, 1.807) is 14.2 Å². The Labute approximate surface area is 185 Å². The van der Waals surface area contributed by atoms with Crippen molar-refractivity contribution in [2.24, 2.45) is 0 Å². The molecule has 0 radical (unpaired) electrons. The summed E-state index contributed by atoms with van der Waals surface area (Å²) in [6.07, 6.45) is 0. The van der Waals surface area contributed by atoms with E-state index in [2.05, 4.69) is 21.3 Å². The molecule has 0 heterocycles. The Hall–Kier alpha value is -2.40. The SMILES string of the molecule is COc1ccccc1NC(=S)NC(=S)C(=S)NC(=S)Nc1ccccc1OC. The molecule has 10 heteroatoms. The minimum absolute atomic E-state index is 0.228. The third-order valence-corrected chi connectivity index (χ3v) is 4.52. The van der Waals surface area contributed by atoms with Crippen LogP contribution in [-0.2, 0) is 0 Å². The maximum absolute atomic E-state index is 5.28. The van der Waals surface area contributed by atoms with Crippen molar-refractivity contribution in [3.63, 3.8) is 0 Å². The lowest BCUT2D eigenvalue weighted by Gasteiger charge is -2.16. The zero-order valence-corrected chi connectivity index (χ0v) is 18.3. The molecular weight excluding hydrogens is 432 g/mol. The Morgan fingerprint density at radius 3 is 1.36 bits per heavy atom. The zero-order chi connectivity index (χ0) is 20.5. The summed E-state index contributed by atoms with van der Waals surface area (Å²) in [5, 5.41) is 12.3. The van der Waals surface area contributed by atoms with Crippen LogP contribution in [0.4, 0.5) is 11.4 Å². The molecule has 2 aromatic carbocycles. The zero-order valence-electron chi connectivity index (χ0n) is 15.1. The van der Waals surface area contributed by atoms with E-state index >= 15 is 0 Å². The van der Waals surface area contributed by atoms with Gasteiger partial charge in [-0.15, -0.1) is 0 Å². The maximum Gasteiger partial charge on any atom is 0.176 e. The van der Waals surface area contributed by atoms with Crippen molar-refractivity contribution < 1.29 is 9.47 Å². The molecule has 0 atom stereocenters. The number of anilines is 2. The fraction of sp³-hybridized carbons (Fsp3) is 0.111. The first-order chi connectivity index (χ1) is 13.4. The van der Waals surface area contributed by atoms with Gasteiger partial charge >= 0.3 is 0 Å². The molecule has 0 saturated carbocycles. The summed E-state index contributed by atoms with van der Waals surface area (Å²) in [5.41, 5.74) is 1.41. The summed E-state index contributed by atoms with van der Waals surface area (Å²) in [4.78, 5) is 0.457. The third kappa shape index (κ3) is 6.34. The van der Waals surface area contributed by atoms with Crippen molar-refractivity contribution >= 4 is 80.4 Å². The number of ether oxygens (including phenoxy) is 2. The van der Waals surface area contributed by atoms with Gasteiger partial charge in [-0.1, -0.05) is 48.7 Å². The lowest BCUT2D eigenvalue weighted by molar-refractivity contribution is 0.417. The predicted octanol–water partition coefficient (Wildman–Crippen LogP) is 3.63. The van der Waals surface area contributed by atoms with Crippen LogP contribution in [0.5, 0.6) is 11.5 Å². The molecular formula is C18H18N4O2S4.